The van der Waals surface area contributed by atoms with Gasteiger partial charge in [0.25, 0.3) is 5.56 Å². The Morgan fingerprint density at radius 2 is 1.95 bits per heavy atom. The zero-order chi connectivity index (χ0) is 15.4. The third kappa shape index (κ3) is 3.67. The van der Waals surface area contributed by atoms with E-state index in [4.69, 9.17) is 4.74 Å². The van der Waals surface area contributed by atoms with E-state index in [9.17, 15) is 4.79 Å². The summed E-state index contributed by atoms with van der Waals surface area (Å²) >= 11 is 4.25. The van der Waals surface area contributed by atoms with Crippen LogP contribution >= 0.6 is 12.6 Å². The van der Waals surface area contributed by atoms with Gasteiger partial charge in [0.2, 0.25) is 0 Å². The van der Waals surface area contributed by atoms with Crippen LogP contribution in [0.2, 0.25) is 0 Å². The summed E-state index contributed by atoms with van der Waals surface area (Å²) in [5, 5.41) is 4.48. The lowest BCUT2D eigenvalue weighted by Crippen LogP contribution is -2.28. The van der Waals surface area contributed by atoms with Crippen LogP contribution in [0.3, 0.4) is 0 Å². The van der Waals surface area contributed by atoms with Crippen molar-refractivity contribution in [2.75, 3.05) is 7.11 Å². The maximum absolute atomic E-state index is 12.3. The summed E-state index contributed by atoms with van der Waals surface area (Å²) in [7, 11) is 1.63. The second-order valence-corrected chi connectivity index (χ2v) is 5.64. The Balaban J connectivity index is 2.49. The molecule has 0 spiro atoms. The van der Waals surface area contributed by atoms with Crippen LogP contribution in [0.25, 0.3) is 11.3 Å². The second-order valence-electron chi connectivity index (χ2n) is 5.32. The molecule has 1 heterocycles. The van der Waals surface area contributed by atoms with Crippen LogP contribution in [-0.4, -0.2) is 16.9 Å². The number of nitrogens with zero attached hydrogens (tertiary/aromatic N) is 2. The number of ether oxygens (including phenoxy) is 1. The fraction of sp³-hybridized carbons (Fsp3) is 0.375. The molecule has 0 N–H and O–H groups in total. The Morgan fingerprint density at radius 3 is 2.48 bits per heavy atom. The van der Waals surface area contributed by atoms with E-state index in [1.807, 2.05) is 30.3 Å². The van der Waals surface area contributed by atoms with E-state index in [0.29, 0.717) is 23.8 Å². The summed E-state index contributed by atoms with van der Waals surface area (Å²) in [6.45, 7) is 4.73. The average Bonchev–Trinajstić information content (AvgIpc) is 2.49. The van der Waals surface area contributed by atoms with E-state index in [0.717, 1.165) is 17.0 Å². The van der Waals surface area contributed by atoms with Crippen molar-refractivity contribution in [3.63, 3.8) is 0 Å². The lowest BCUT2D eigenvalue weighted by molar-refractivity contribution is 0.415. The van der Waals surface area contributed by atoms with Gasteiger partial charge in [-0.05, 0) is 36.2 Å². The highest BCUT2D eigenvalue weighted by Gasteiger charge is 2.10. The molecule has 0 fully saturated rings. The molecule has 0 unspecified atom stereocenters. The first kappa shape index (κ1) is 15.6. The molecule has 112 valence electrons. The molecule has 1 aromatic carbocycles. The van der Waals surface area contributed by atoms with E-state index in [1.54, 1.807) is 7.11 Å². The number of thiol groups is 1. The van der Waals surface area contributed by atoms with E-state index >= 15 is 0 Å². The molecular weight excluding hydrogens is 284 g/mol. The molecule has 0 aliphatic heterocycles. The van der Waals surface area contributed by atoms with Crippen LogP contribution in [0.4, 0.5) is 0 Å². The van der Waals surface area contributed by atoms with E-state index < -0.39 is 0 Å². The van der Waals surface area contributed by atoms with Gasteiger partial charge >= 0.3 is 0 Å². The molecule has 0 radical (unpaired) electrons. The standard InChI is InChI=1S/C16H20N2O2S/c1-11(2)9-18-16(19)13(10-21)8-15(17-18)12-4-6-14(20-3)7-5-12/h4-8,11,21H,9-10H2,1-3H3. The predicted molar refractivity (Wildman–Crippen MR) is 88.0 cm³/mol. The van der Waals surface area contributed by atoms with Crippen molar-refractivity contribution < 1.29 is 4.74 Å². The van der Waals surface area contributed by atoms with Gasteiger partial charge in [-0.3, -0.25) is 4.79 Å². The summed E-state index contributed by atoms with van der Waals surface area (Å²) in [5.74, 6) is 1.56. The molecule has 21 heavy (non-hydrogen) atoms. The lowest BCUT2D eigenvalue weighted by Gasteiger charge is -2.12. The zero-order valence-electron chi connectivity index (χ0n) is 12.5. The Morgan fingerprint density at radius 1 is 1.29 bits per heavy atom. The second kappa shape index (κ2) is 6.80. The van der Waals surface area contributed by atoms with Gasteiger partial charge in [-0.1, -0.05) is 13.8 Å². The molecule has 0 aliphatic rings. The minimum Gasteiger partial charge on any atom is -0.497 e. The molecule has 0 amide bonds. The van der Waals surface area contributed by atoms with Gasteiger partial charge in [0.15, 0.2) is 0 Å². The van der Waals surface area contributed by atoms with Crippen LogP contribution in [0.15, 0.2) is 35.1 Å². The summed E-state index contributed by atoms with van der Waals surface area (Å²) in [6.07, 6.45) is 0. The predicted octanol–water partition coefficient (Wildman–Crippen LogP) is 3.00. The fourth-order valence-corrected chi connectivity index (χ4v) is 2.31. The smallest absolute Gasteiger partial charge is 0.270 e. The number of benzene rings is 1. The van der Waals surface area contributed by atoms with Crippen molar-refractivity contribution >= 4 is 12.6 Å². The normalized spacial score (nSPS) is 10.9. The van der Waals surface area contributed by atoms with Gasteiger partial charge in [0.1, 0.15) is 5.75 Å². The van der Waals surface area contributed by atoms with Crippen molar-refractivity contribution in [1.29, 1.82) is 0 Å². The zero-order valence-corrected chi connectivity index (χ0v) is 13.4. The molecule has 4 nitrogen and oxygen atoms in total. The van der Waals surface area contributed by atoms with Crippen LogP contribution in [0, 0.1) is 5.92 Å². The van der Waals surface area contributed by atoms with Crippen LogP contribution < -0.4 is 10.3 Å². The average molecular weight is 304 g/mol. The van der Waals surface area contributed by atoms with Crippen molar-refractivity contribution in [2.45, 2.75) is 26.1 Å². The van der Waals surface area contributed by atoms with Crippen molar-refractivity contribution in [1.82, 2.24) is 9.78 Å². The largest absolute Gasteiger partial charge is 0.497 e. The summed E-state index contributed by atoms with van der Waals surface area (Å²) in [5.41, 5.74) is 2.34. The highest BCUT2D eigenvalue weighted by Crippen LogP contribution is 2.21. The van der Waals surface area contributed by atoms with E-state index in [2.05, 4.69) is 31.6 Å². The molecule has 0 aliphatic carbocycles. The quantitative estimate of drug-likeness (QED) is 0.864. The van der Waals surface area contributed by atoms with Gasteiger partial charge in [-0.25, -0.2) is 4.68 Å². The third-order valence-corrected chi connectivity index (χ3v) is 3.48. The molecule has 0 saturated carbocycles. The molecule has 5 heteroatoms. The highest BCUT2D eigenvalue weighted by molar-refractivity contribution is 7.79. The Labute approximate surface area is 130 Å². The maximum atomic E-state index is 12.3. The lowest BCUT2D eigenvalue weighted by atomic mass is 10.1. The third-order valence-electron chi connectivity index (χ3n) is 3.14. The molecule has 0 atom stereocenters. The first-order chi connectivity index (χ1) is 10.0. The number of hydrogen-bond donors (Lipinski definition) is 1. The maximum Gasteiger partial charge on any atom is 0.270 e. The highest BCUT2D eigenvalue weighted by atomic mass is 32.1. The van der Waals surface area contributed by atoms with Gasteiger partial charge in [-0.2, -0.15) is 17.7 Å². The van der Waals surface area contributed by atoms with Gasteiger partial charge < -0.3 is 4.74 Å². The summed E-state index contributed by atoms with van der Waals surface area (Å²) in [6, 6.07) is 9.46. The molecule has 0 bridgehead atoms. The number of hydrogen-bond acceptors (Lipinski definition) is 4. The van der Waals surface area contributed by atoms with Crippen molar-refractivity contribution in [3.8, 4) is 17.0 Å². The SMILES string of the molecule is COc1ccc(-c2cc(CS)c(=O)n(CC(C)C)n2)cc1. The molecular formula is C16H20N2O2S. The first-order valence-corrected chi connectivity index (χ1v) is 7.54. The molecule has 1 aromatic heterocycles. The number of aromatic nitrogens is 2. The van der Waals surface area contributed by atoms with Crippen LogP contribution in [0.5, 0.6) is 5.75 Å². The minimum absolute atomic E-state index is 0.0593. The first-order valence-electron chi connectivity index (χ1n) is 6.91. The summed E-state index contributed by atoms with van der Waals surface area (Å²) in [4.78, 5) is 12.3. The minimum atomic E-state index is -0.0593. The topological polar surface area (TPSA) is 44.1 Å². The van der Waals surface area contributed by atoms with Crippen LogP contribution in [-0.2, 0) is 12.3 Å². The Bertz CT molecular complexity index is 663. The van der Waals surface area contributed by atoms with Gasteiger partial charge in [-0.15, -0.1) is 0 Å². The van der Waals surface area contributed by atoms with E-state index in [-0.39, 0.29) is 5.56 Å². The van der Waals surface area contributed by atoms with Gasteiger partial charge in [0, 0.05) is 23.4 Å². The number of methoxy groups -OCH3 is 1. The monoisotopic (exact) mass is 304 g/mol. The van der Waals surface area contributed by atoms with Gasteiger partial charge in [0.05, 0.1) is 12.8 Å². The fourth-order valence-electron chi connectivity index (χ4n) is 2.08. The number of rotatable bonds is 5. The Kier molecular flexibility index (Phi) is 5.07. The summed E-state index contributed by atoms with van der Waals surface area (Å²) < 4.78 is 6.70. The Hall–Kier alpha value is -1.75. The van der Waals surface area contributed by atoms with Crippen molar-refractivity contribution in [2.24, 2.45) is 5.92 Å². The van der Waals surface area contributed by atoms with E-state index in [1.165, 1.54) is 4.68 Å². The molecule has 2 rings (SSSR count). The molecule has 2 aromatic rings. The van der Waals surface area contributed by atoms with Crippen LogP contribution in [0.1, 0.15) is 19.4 Å². The van der Waals surface area contributed by atoms with Crippen molar-refractivity contribution in [3.05, 3.63) is 46.2 Å². The molecule has 0 saturated heterocycles.